The highest BCUT2D eigenvalue weighted by Crippen LogP contribution is 2.26. The SMILES string of the molecule is CCCOc1cccnc1NC(C)c1ccc(C)c(F)c1. The summed E-state index contributed by atoms with van der Waals surface area (Å²) in [6.45, 7) is 6.43. The molecular formula is C17H21FN2O. The van der Waals surface area contributed by atoms with Gasteiger partial charge in [0, 0.05) is 6.20 Å². The van der Waals surface area contributed by atoms with Crippen molar-refractivity contribution in [1.82, 2.24) is 4.98 Å². The van der Waals surface area contributed by atoms with Crippen LogP contribution in [0, 0.1) is 12.7 Å². The van der Waals surface area contributed by atoms with E-state index in [1.807, 2.05) is 25.1 Å². The highest BCUT2D eigenvalue weighted by atomic mass is 19.1. The summed E-state index contributed by atoms with van der Waals surface area (Å²) in [6, 6.07) is 8.93. The number of ether oxygens (including phenoxy) is 1. The molecule has 1 heterocycles. The number of halogens is 1. The quantitative estimate of drug-likeness (QED) is 0.850. The predicted octanol–water partition coefficient (Wildman–Crippen LogP) is 4.49. The minimum Gasteiger partial charge on any atom is -0.490 e. The predicted molar refractivity (Wildman–Crippen MR) is 83.2 cm³/mol. The van der Waals surface area contributed by atoms with Gasteiger partial charge in [-0.25, -0.2) is 9.37 Å². The van der Waals surface area contributed by atoms with Crippen LogP contribution in [0.3, 0.4) is 0 Å². The first-order chi connectivity index (χ1) is 10.1. The Labute approximate surface area is 125 Å². The number of hydrogen-bond acceptors (Lipinski definition) is 3. The van der Waals surface area contributed by atoms with Gasteiger partial charge in [0.15, 0.2) is 11.6 Å². The van der Waals surface area contributed by atoms with Gasteiger partial charge in [-0.05, 0) is 49.6 Å². The molecule has 0 aliphatic heterocycles. The largest absolute Gasteiger partial charge is 0.490 e. The Morgan fingerprint density at radius 1 is 1.33 bits per heavy atom. The minimum atomic E-state index is -0.190. The fourth-order valence-electron chi connectivity index (χ4n) is 1.99. The summed E-state index contributed by atoms with van der Waals surface area (Å²) in [7, 11) is 0. The normalized spacial score (nSPS) is 12.0. The molecule has 4 heteroatoms. The van der Waals surface area contributed by atoms with E-state index in [1.54, 1.807) is 25.3 Å². The minimum absolute atomic E-state index is 0.0565. The number of anilines is 1. The van der Waals surface area contributed by atoms with Crippen LogP contribution in [0.5, 0.6) is 5.75 Å². The average molecular weight is 288 g/mol. The zero-order chi connectivity index (χ0) is 15.2. The van der Waals surface area contributed by atoms with Crippen molar-refractivity contribution in [3.05, 3.63) is 53.5 Å². The van der Waals surface area contributed by atoms with E-state index in [0.29, 0.717) is 18.0 Å². The topological polar surface area (TPSA) is 34.1 Å². The van der Waals surface area contributed by atoms with Crippen molar-refractivity contribution in [2.24, 2.45) is 0 Å². The van der Waals surface area contributed by atoms with Gasteiger partial charge in [-0.2, -0.15) is 0 Å². The highest BCUT2D eigenvalue weighted by molar-refractivity contribution is 5.51. The summed E-state index contributed by atoms with van der Waals surface area (Å²) in [5.41, 5.74) is 1.53. The first-order valence-corrected chi connectivity index (χ1v) is 7.22. The standard InChI is InChI=1S/C17H21FN2O/c1-4-10-21-16-6-5-9-19-17(16)20-13(3)14-8-7-12(2)15(18)11-14/h5-9,11,13H,4,10H2,1-3H3,(H,19,20). The fraction of sp³-hybridized carbons (Fsp3) is 0.353. The van der Waals surface area contributed by atoms with Crippen LogP contribution < -0.4 is 10.1 Å². The van der Waals surface area contributed by atoms with Gasteiger partial charge < -0.3 is 10.1 Å². The summed E-state index contributed by atoms with van der Waals surface area (Å²) in [5.74, 6) is 1.21. The van der Waals surface area contributed by atoms with E-state index in [1.165, 1.54) is 0 Å². The second-order valence-corrected chi connectivity index (χ2v) is 5.07. The monoisotopic (exact) mass is 288 g/mol. The number of benzene rings is 1. The van der Waals surface area contributed by atoms with Gasteiger partial charge in [0.2, 0.25) is 0 Å². The molecule has 2 aromatic rings. The lowest BCUT2D eigenvalue weighted by Gasteiger charge is -2.18. The lowest BCUT2D eigenvalue weighted by Crippen LogP contribution is -2.10. The lowest BCUT2D eigenvalue weighted by atomic mass is 10.1. The molecule has 0 saturated carbocycles. The molecular weight excluding hydrogens is 267 g/mol. The Hall–Kier alpha value is -2.10. The van der Waals surface area contributed by atoms with Crippen molar-refractivity contribution in [2.45, 2.75) is 33.2 Å². The van der Waals surface area contributed by atoms with Gasteiger partial charge in [0.1, 0.15) is 5.82 Å². The van der Waals surface area contributed by atoms with Gasteiger partial charge in [-0.15, -0.1) is 0 Å². The van der Waals surface area contributed by atoms with Crippen LogP contribution in [0.1, 0.15) is 37.4 Å². The van der Waals surface area contributed by atoms with Crippen LogP contribution in [-0.2, 0) is 0 Å². The first-order valence-electron chi connectivity index (χ1n) is 7.22. The molecule has 0 radical (unpaired) electrons. The van der Waals surface area contributed by atoms with Crippen LogP contribution in [0.4, 0.5) is 10.2 Å². The summed E-state index contributed by atoms with van der Waals surface area (Å²) in [6.07, 6.45) is 2.65. The molecule has 0 aliphatic rings. The zero-order valence-corrected chi connectivity index (χ0v) is 12.7. The third-order valence-electron chi connectivity index (χ3n) is 3.28. The number of hydrogen-bond donors (Lipinski definition) is 1. The van der Waals surface area contributed by atoms with E-state index >= 15 is 0 Å². The Kier molecular flexibility index (Phi) is 5.14. The van der Waals surface area contributed by atoms with Crippen LogP contribution >= 0.6 is 0 Å². The first kappa shape index (κ1) is 15.3. The summed E-state index contributed by atoms with van der Waals surface area (Å²) in [4.78, 5) is 4.31. The van der Waals surface area contributed by atoms with E-state index in [2.05, 4.69) is 17.2 Å². The van der Waals surface area contributed by atoms with E-state index in [-0.39, 0.29) is 11.9 Å². The van der Waals surface area contributed by atoms with Gasteiger partial charge in [0.25, 0.3) is 0 Å². The van der Waals surface area contributed by atoms with Crippen molar-refractivity contribution in [3.8, 4) is 5.75 Å². The number of nitrogens with one attached hydrogen (secondary N) is 1. The molecule has 112 valence electrons. The smallest absolute Gasteiger partial charge is 0.169 e. The van der Waals surface area contributed by atoms with E-state index in [9.17, 15) is 4.39 Å². The molecule has 1 unspecified atom stereocenters. The molecule has 0 spiro atoms. The molecule has 1 atom stereocenters. The number of pyridine rings is 1. The van der Waals surface area contributed by atoms with Gasteiger partial charge in [-0.1, -0.05) is 19.1 Å². The average Bonchev–Trinajstić information content (AvgIpc) is 2.49. The van der Waals surface area contributed by atoms with Crippen LogP contribution in [0.25, 0.3) is 0 Å². The van der Waals surface area contributed by atoms with Crippen LogP contribution in [-0.4, -0.2) is 11.6 Å². The number of nitrogens with zero attached hydrogens (tertiary/aromatic N) is 1. The molecule has 0 saturated heterocycles. The lowest BCUT2D eigenvalue weighted by molar-refractivity contribution is 0.317. The van der Waals surface area contributed by atoms with Gasteiger partial charge >= 0.3 is 0 Å². The highest BCUT2D eigenvalue weighted by Gasteiger charge is 2.11. The summed E-state index contributed by atoms with van der Waals surface area (Å²) in [5, 5.41) is 3.28. The molecule has 3 nitrogen and oxygen atoms in total. The van der Waals surface area contributed by atoms with Crippen molar-refractivity contribution >= 4 is 5.82 Å². The number of aryl methyl sites for hydroxylation is 1. The van der Waals surface area contributed by atoms with E-state index in [0.717, 1.165) is 17.7 Å². The molecule has 1 aromatic heterocycles. The second-order valence-electron chi connectivity index (χ2n) is 5.07. The van der Waals surface area contributed by atoms with Gasteiger partial charge in [-0.3, -0.25) is 0 Å². The number of aromatic nitrogens is 1. The Bertz CT molecular complexity index is 601. The summed E-state index contributed by atoms with van der Waals surface area (Å²) < 4.78 is 19.3. The Morgan fingerprint density at radius 2 is 2.14 bits per heavy atom. The zero-order valence-electron chi connectivity index (χ0n) is 12.7. The molecule has 0 amide bonds. The Balaban J connectivity index is 2.15. The maximum Gasteiger partial charge on any atom is 0.169 e. The van der Waals surface area contributed by atoms with Crippen LogP contribution in [0.15, 0.2) is 36.5 Å². The molecule has 0 bridgehead atoms. The van der Waals surface area contributed by atoms with Crippen molar-refractivity contribution < 1.29 is 9.13 Å². The summed E-state index contributed by atoms with van der Waals surface area (Å²) >= 11 is 0. The second kappa shape index (κ2) is 7.07. The number of rotatable bonds is 6. The van der Waals surface area contributed by atoms with Crippen molar-refractivity contribution in [1.29, 1.82) is 0 Å². The maximum atomic E-state index is 13.7. The molecule has 21 heavy (non-hydrogen) atoms. The molecule has 1 aromatic carbocycles. The molecule has 0 fully saturated rings. The molecule has 0 aliphatic carbocycles. The Morgan fingerprint density at radius 3 is 2.86 bits per heavy atom. The third-order valence-corrected chi connectivity index (χ3v) is 3.28. The van der Waals surface area contributed by atoms with E-state index < -0.39 is 0 Å². The van der Waals surface area contributed by atoms with E-state index in [4.69, 9.17) is 4.74 Å². The third kappa shape index (κ3) is 3.94. The van der Waals surface area contributed by atoms with Crippen molar-refractivity contribution in [2.75, 3.05) is 11.9 Å². The maximum absolute atomic E-state index is 13.7. The van der Waals surface area contributed by atoms with Gasteiger partial charge in [0.05, 0.1) is 12.6 Å². The van der Waals surface area contributed by atoms with Crippen LogP contribution in [0.2, 0.25) is 0 Å². The fourth-order valence-corrected chi connectivity index (χ4v) is 1.99. The molecule has 2 rings (SSSR count). The van der Waals surface area contributed by atoms with Crippen molar-refractivity contribution in [3.63, 3.8) is 0 Å². The molecule has 1 N–H and O–H groups in total.